The first kappa shape index (κ1) is 42.2. The normalized spacial score (nSPS) is 40.8. The van der Waals surface area contributed by atoms with Crippen LogP contribution >= 0.6 is 0 Å². The van der Waals surface area contributed by atoms with Crippen LogP contribution < -0.4 is 17.2 Å². The standard InChI is InChI=1S/C18H35N3O13.C12H24O/c19-7-12(27)14(5(2-23)30-16(7)29)33-18-9(21)13(28)15(6(3-24)32-18)34-17-8(20)11(26)10(25)4(1-22)31-17;1-2-3-4-5-6-7-8-9-10-11-12-13/h4-18,22-29H,1-3,19-21H2;12H,2-11H2,1H3/t4-,5-,6-,7-,8-,9-,10-,11-,12-,13-,14?,15?,16-,17+,18+;/m1./s1. The van der Waals surface area contributed by atoms with Crippen molar-refractivity contribution in [1.82, 2.24) is 0 Å². The van der Waals surface area contributed by atoms with E-state index in [9.17, 15) is 45.6 Å². The molecule has 3 aliphatic heterocycles. The van der Waals surface area contributed by atoms with Crippen molar-refractivity contribution in [2.45, 2.75) is 163 Å². The number of rotatable bonds is 17. The summed E-state index contributed by atoms with van der Waals surface area (Å²) in [6.45, 7) is 0.250. The Morgan fingerprint density at radius 3 is 1.49 bits per heavy atom. The molecule has 3 saturated heterocycles. The Hall–Kier alpha value is -0.970. The third-order valence-electron chi connectivity index (χ3n) is 8.76. The number of carbonyl (C=O) groups is 1. The molecule has 0 aromatic rings. The summed E-state index contributed by atoms with van der Waals surface area (Å²) >= 11 is 0. The van der Waals surface area contributed by atoms with Gasteiger partial charge in [-0.15, -0.1) is 0 Å². The molecule has 0 radical (unpaired) electrons. The maximum absolute atomic E-state index is 10.8. The molecule has 47 heavy (non-hydrogen) atoms. The molecule has 0 spiro atoms. The number of carbonyl (C=O) groups excluding carboxylic acids is 1. The zero-order valence-electron chi connectivity index (χ0n) is 27.2. The summed E-state index contributed by atoms with van der Waals surface area (Å²) < 4.78 is 27.4. The number of aldehydes is 1. The van der Waals surface area contributed by atoms with E-state index in [1.54, 1.807) is 0 Å². The average Bonchev–Trinajstić information content (AvgIpc) is 3.07. The largest absolute Gasteiger partial charge is 0.394 e. The number of unbranched alkanes of at least 4 members (excludes halogenated alkanes) is 9. The van der Waals surface area contributed by atoms with E-state index in [4.69, 9.17) is 40.9 Å². The molecule has 14 N–H and O–H groups in total. The molecule has 17 heteroatoms. The van der Waals surface area contributed by atoms with Crippen LogP contribution in [0.1, 0.15) is 71.1 Å². The maximum Gasteiger partial charge on any atom is 0.176 e. The third-order valence-corrected chi connectivity index (χ3v) is 8.76. The van der Waals surface area contributed by atoms with Gasteiger partial charge in [0, 0.05) is 6.42 Å². The fourth-order valence-corrected chi connectivity index (χ4v) is 5.72. The molecule has 15 atom stereocenters. The van der Waals surface area contributed by atoms with Gasteiger partial charge in [-0.05, 0) is 6.42 Å². The summed E-state index contributed by atoms with van der Waals surface area (Å²) in [6.07, 6.45) is -3.05. The van der Waals surface area contributed by atoms with Crippen LogP contribution in [0.25, 0.3) is 0 Å². The predicted octanol–water partition coefficient (Wildman–Crippen LogP) is -3.57. The number of aliphatic hydroxyl groups excluding tert-OH is 8. The van der Waals surface area contributed by atoms with E-state index >= 15 is 0 Å². The zero-order valence-corrected chi connectivity index (χ0v) is 27.2. The van der Waals surface area contributed by atoms with E-state index in [-0.39, 0.29) is 0 Å². The van der Waals surface area contributed by atoms with E-state index in [0.29, 0.717) is 0 Å². The van der Waals surface area contributed by atoms with Gasteiger partial charge in [-0.3, -0.25) is 0 Å². The second-order valence-corrected chi connectivity index (χ2v) is 12.4. The van der Waals surface area contributed by atoms with Crippen molar-refractivity contribution in [3.63, 3.8) is 0 Å². The lowest BCUT2D eigenvalue weighted by atomic mass is 9.94. The molecule has 17 nitrogen and oxygen atoms in total. The van der Waals surface area contributed by atoms with Crippen molar-refractivity contribution in [3.05, 3.63) is 0 Å². The van der Waals surface area contributed by atoms with Crippen molar-refractivity contribution in [1.29, 1.82) is 0 Å². The van der Waals surface area contributed by atoms with Crippen molar-refractivity contribution < 1.29 is 69.3 Å². The molecule has 278 valence electrons. The van der Waals surface area contributed by atoms with Gasteiger partial charge >= 0.3 is 0 Å². The molecular formula is C30H59N3O14. The first-order chi connectivity index (χ1) is 22.5. The minimum atomic E-state index is -1.56. The summed E-state index contributed by atoms with van der Waals surface area (Å²) in [5.74, 6) is 0. The lowest BCUT2D eigenvalue weighted by Gasteiger charge is -2.48. The number of aliphatic hydroxyl groups is 8. The van der Waals surface area contributed by atoms with E-state index in [2.05, 4.69) is 6.92 Å². The molecule has 3 rings (SSSR count). The van der Waals surface area contributed by atoms with Crippen molar-refractivity contribution in [2.24, 2.45) is 17.2 Å². The van der Waals surface area contributed by atoms with Gasteiger partial charge < -0.3 is 86.5 Å². The predicted molar refractivity (Wildman–Crippen MR) is 165 cm³/mol. The van der Waals surface area contributed by atoms with Crippen LogP contribution in [0.5, 0.6) is 0 Å². The average molecular weight is 686 g/mol. The Balaban J connectivity index is 0.000000500. The maximum atomic E-state index is 10.8. The quantitative estimate of drug-likeness (QED) is 0.0521. The Bertz CT molecular complexity index is 846. The summed E-state index contributed by atoms with van der Waals surface area (Å²) in [6, 6.07) is -3.87. The van der Waals surface area contributed by atoms with Gasteiger partial charge in [-0.25, -0.2) is 0 Å². The highest BCUT2D eigenvalue weighted by atomic mass is 16.7. The molecular weight excluding hydrogens is 626 g/mol. The molecule has 2 unspecified atom stereocenters. The molecule has 3 heterocycles. The van der Waals surface area contributed by atoms with E-state index in [0.717, 1.165) is 19.1 Å². The molecule has 3 aliphatic rings. The Kier molecular flexibility index (Phi) is 19.7. The minimum Gasteiger partial charge on any atom is -0.394 e. The second kappa shape index (κ2) is 22.0. The Labute approximate surface area is 275 Å². The van der Waals surface area contributed by atoms with Crippen LogP contribution in [-0.4, -0.2) is 159 Å². The van der Waals surface area contributed by atoms with Crippen molar-refractivity contribution in [3.8, 4) is 0 Å². The number of nitrogens with two attached hydrogens (primary N) is 3. The molecule has 0 aliphatic carbocycles. The fourth-order valence-electron chi connectivity index (χ4n) is 5.72. The molecule has 0 bridgehead atoms. The van der Waals surface area contributed by atoms with Crippen LogP contribution in [0.4, 0.5) is 0 Å². The van der Waals surface area contributed by atoms with E-state index < -0.39 is 112 Å². The summed E-state index contributed by atoms with van der Waals surface area (Å²) in [5, 5.41) is 79.6. The number of ether oxygens (including phenoxy) is 5. The fraction of sp³-hybridized carbons (Fsp3) is 0.967. The second-order valence-electron chi connectivity index (χ2n) is 12.4. The minimum absolute atomic E-state index is 0.651. The smallest absolute Gasteiger partial charge is 0.176 e. The zero-order chi connectivity index (χ0) is 35.1. The molecule has 0 aromatic heterocycles. The van der Waals surface area contributed by atoms with Gasteiger partial charge in [0.05, 0.1) is 37.9 Å². The highest BCUT2D eigenvalue weighted by molar-refractivity contribution is 5.48. The van der Waals surface area contributed by atoms with Crippen LogP contribution in [0, 0.1) is 0 Å². The van der Waals surface area contributed by atoms with Gasteiger partial charge in [0.2, 0.25) is 0 Å². The highest BCUT2D eigenvalue weighted by Gasteiger charge is 2.52. The van der Waals surface area contributed by atoms with Gasteiger partial charge in [-0.1, -0.05) is 58.3 Å². The monoisotopic (exact) mass is 685 g/mol. The first-order valence-electron chi connectivity index (χ1n) is 16.7. The summed E-state index contributed by atoms with van der Waals surface area (Å²) in [7, 11) is 0. The topological polar surface area (TPSA) is 303 Å². The van der Waals surface area contributed by atoms with Gasteiger partial charge in [-0.2, -0.15) is 0 Å². The molecule has 0 amide bonds. The van der Waals surface area contributed by atoms with Gasteiger partial charge in [0.1, 0.15) is 61.2 Å². The van der Waals surface area contributed by atoms with Crippen LogP contribution in [-0.2, 0) is 28.5 Å². The van der Waals surface area contributed by atoms with Gasteiger partial charge in [0.25, 0.3) is 0 Å². The third kappa shape index (κ3) is 12.1. The van der Waals surface area contributed by atoms with Gasteiger partial charge in [0.15, 0.2) is 18.9 Å². The van der Waals surface area contributed by atoms with Crippen LogP contribution in [0.3, 0.4) is 0 Å². The Morgan fingerprint density at radius 2 is 1.00 bits per heavy atom. The van der Waals surface area contributed by atoms with Crippen molar-refractivity contribution in [2.75, 3.05) is 19.8 Å². The summed E-state index contributed by atoms with van der Waals surface area (Å²) in [4.78, 5) is 10.0. The van der Waals surface area contributed by atoms with Crippen molar-refractivity contribution >= 4 is 6.29 Å². The van der Waals surface area contributed by atoms with E-state index in [1.807, 2.05) is 0 Å². The number of hydrogen-bond donors (Lipinski definition) is 11. The number of hydrogen-bond acceptors (Lipinski definition) is 17. The lowest BCUT2D eigenvalue weighted by molar-refractivity contribution is -0.348. The SMILES string of the molecule is CCCCCCCCCCCC=O.N[C@H]1[C@H](OC2[C@@H](CO)O[C@@H](OC3[C@@H](CO)O[C@@H](O)[C@H](N)[C@H]3O)[C@H](N)[C@H]2O)O[C@H](CO)[C@@H](O)[C@@H]1O. The molecule has 0 saturated carbocycles. The molecule has 0 aromatic carbocycles. The molecule has 3 fully saturated rings. The van der Waals surface area contributed by atoms with E-state index in [1.165, 1.54) is 51.4 Å². The first-order valence-corrected chi connectivity index (χ1v) is 16.7. The van der Waals surface area contributed by atoms with Crippen LogP contribution in [0.15, 0.2) is 0 Å². The van der Waals surface area contributed by atoms with Crippen LogP contribution in [0.2, 0.25) is 0 Å². The lowest BCUT2D eigenvalue weighted by Crippen LogP contribution is -2.69. The Morgan fingerprint density at radius 1 is 0.574 bits per heavy atom. The highest BCUT2D eigenvalue weighted by Crippen LogP contribution is 2.31. The summed E-state index contributed by atoms with van der Waals surface area (Å²) in [5.41, 5.74) is 17.6.